The number of carbonyl (C=O) groups excluding carboxylic acids is 1. The highest BCUT2D eigenvalue weighted by Gasteiger charge is 2.41. The van der Waals surface area contributed by atoms with Gasteiger partial charge in [0.1, 0.15) is 6.33 Å². The van der Waals surface area contributed by atoms with Crippen molar-refractivity contribution in [2.45, 2.75) is 25.7 Å². The van der Waals surface area contributed by atoms with Crippen molar-refractivity contribution in [3.63, 3.8) is 0 Å². The van der Waals surface area contributed by atoms with Crippen LogP contribution in [0.2, 0.25) is 0 Å². The minimum atomic E-state index is 0.187. The zero-order chi connectivity index (χ0) is 16.4. The average Bonchev–Trinajstić information content (AvgIpc) is 3.08. The lowest BCUT2D eigenvalue weighted by Crippen LogP contribution is -2.30. The van der Waals surface area contributed by atoms with E-state index in [1.807, 2.05) is 42.7 Å². The summed E-state index contributed by atoms with van der Waals surface area (Å²) in [5.74, 6) is 2.10. The molecule has 0 spiro atoms. The van der Waals surface area contributed by atoms with Gasteiger partial charge in [0, 0.05) is 31.0 Å². The zero-order valence-corrected chi connectivity index (χ0v) is 13.8. The van der Waals surface area contributed by atoms with Crippen molar-refractivity contribution in [3.8, 4) is 0 Å². The topological polar surface area (TPSA) is 46.1 Å². The predicted octanol–water partition coefficient (Wildman–Crippen LogP) is 3.21. The number of nitrogens with zero attached hydrogens (tertiary/aromatic N) is 3. The highest BCUT2D eigenvalue weighted by Crippen LogP contribution is 2.41. The first-order chi connectivity index (χ1) is 11.8. The molecule has 4 heteroatoms. The van der Waals surface area contributed by atoms with Crippen LogP contribution in [0.15, 0.2) is 49.1 Å². The molecule has 0 radical (unpaired) electrons. The van der Waals surface area contributed by atoms with E-state index in [2.05, 4.69) is 14.9 Å². The molecule has 2 aliphatic rings. The van der Waals surface area contributed by atoms with E-state index in [4.69, 9.17) is 0 Å². The smallest absolute Gasteiger partial charge is 0.253 e. The highest BCUT2D eigenvalue weighted by molar-refractivity contribution is 5.94. The quantitative estimate of drug-likeness (QED) is 0.872. The molecular formula is C20H23N3O. The summed E-state index contributed by atoms with van der Waals surface area (Å²) in [7, 11) is 0. The van der Waals surface area contributed by atoms with Crippen molar-refractivity contribution < 1.29 is 4.79 Å². The normalized spacial score (nSPS) is 26.2. The largest absolute Gasteiger partial charge is 0.338 e. The van der Waals surface area contributed by atoms with Crippen molar-refractivity contribution in [2.75, 3.05) is 13.1 Å². The van der Waals surface area contributed by atoms with Crippen LogP contribution in [0.25, 0.3) is 0 Å². The minimum Gasteiger partial charge on any atom is -0.338 e. The Kier molecular flexibility index (Phi) is 4.28. The van der Waals surface area contributed by atoms with Gasteiger partial charge in [0.25, 0.3) is 5.91 Å². The van der Waals surface area contributed by atoms with Gasteiger partial charge in [-0.15, -0.1) is 0 Å². The van der Waals surface area contributed by atoms with Gasteiger partial charge < -0.3 is 4.90 Å². The van der Waals surface area contributed by atoms with Crippen LogP contribution in [-0.2, 0) is 6.42 Å². The molecule has 2 fully saturated rings. The molecule has 1 amide bonds. The zero-order valence-electron chi connectivity index (χ0n) is 13.8. The van der Waals surface area contributed by atoms with Crippen LogP contribution < -0.4 is 0 Å². The summed E-state index contributed by atoms with van der Waals surface area (Å²) in [6.45, 7) is 1.82. The molecule has 4 rings (SSSR count). The third-order valence-corrected chi connectivity index (χ3v) is 5.67. The van der Waals surface area contributed by atoms with Gasteiger partial charge in [-0.05, 0) is 54.7 Å². The van der Waals surface area contributed by atoms with Crippen molar-refractivity contribution in [2.24, 2.45) is 17.8 Å². The summed E-state index contributed by atoms with van der Waals surface area (Å²) < 4.78 is 0. The first-order valence-corrected chi connectivity index (χ1v) is 8.89. The summed E-state index contributed by atoms with van der Waals surface area (Å²) in [6.07, 6.45) is 10.3. The lowest BCUT2D eigenvalue weighted by Gasteiger charge is -2.32. The Morgan fingerprint density at radius 1 is 1.08 bits per heavy atom. The number of likely N-dealkylation sites (tertiary alicyclic amines) is 1. The van der Waals surface area contributed by atoms with Gasteiger partial charge in [-0.3, -0.25) is 4.79 Å². The summed E-state index contributed by atoms with van der Waals surface area (Å²) in [5.41, 5.74) is 2.03. The van der Waals surface area contributed by atoms with Crippen LogP contribution in [0.5, 0.6) is 0 Å². The first kappa shape index (κ1) is 15.3. The molecule has 1 aromatic carbocycles. The number of fused-ring (bicyclic) bond motifs is 1. The Morgan fingerprint density at radius 3 is 2.67 bits per heavy atom. The number of rotatable bonds is 3. The molecule has 1 aliphatic heterocycles. The van der Waals surface area contributed by atoms with Crippen LogP contribution in [0, 0.1) is 17.8 Å². The summed E-state index contributed by atoms with van der Waals surface area (Å²) in [5, 5.41) is 0. The molecule has 1 saturated carbocycles. The average molecular weight is 321 g/mol. The molecule has 1 aromatic heterocycles. The second-order valence-corrected chi connectivity index (χ2v) is 7.14. The number of hydrogen-bond acceptors (Lipinski definition) is 3. The number of carbonyl (C=O) groups is 1. The molecule has 2 heterocycles. The SMILES string of the molecule is O=C(c1ccccc1)N1C[C@H]2CCC[C@H](Cc3cncnc3)[C@H]2C1. The lowest BCUT2D eigenvalue weighted by molar-refractivity contribution is 0.0781. The molecule has 4 nitrogen and oxygen atoms in total. The minimum absolute atomic E-state index is 0.187. The second kappa shape index (κ2) is 6.71. The van der Waals surface area contributed by atoms with Gasteiger partial charge in [0.05, 0.1) is 0 Å². The van der Waals surface area contributed by atoms with Crippen molar-refractivity contribution in [1.29, 1.82) is 0 Å². The van der Waals surface area contributed by atoms with Crippen molar-refractivity contribution >= 4 is 5.91 Å². The Balaban J connectivity index is 1.47. The van der Waals surface area contributed by atoms with E-state index in [0.717, 1.165) is 25.1 Å². The van der Waals surface area contributed by atoms with Crippen LogP contribution in [-0.4, -0.2) is 33.9 Å². The van der Waals surface area contributed by atoms with Crippen LogP contribution in [0.1, 0.15) is 35.2 Å². The van der Waals surface area contributed by atoms with Crippen LogP contribution in [0.4, 0.5) is 0 Å². The molecule has 1 aliphatic carbocycles. The van der Waals surface area contributed by atoms with Gasteiger partial charge >= 0.3 is 0 Å². The van der Waals surface area contributed by atoms with Gasteiger partial charge in [-0.2, -0.15) is 0 Å². The molecule has 0 bridgehead atoms. The van der Waals surface area contributed by atoms with Gasteiger partial charge in [-0.25, -0.2) is 9.97 Å². The standard InChI is InChI=1S/C20H23N3O/c24-20(16-5-2-1-3-6-16)23-12-18-8-4-7-17(19(18)13-23)9-15-10-21-14-22-11-15/h1-3,5-6,10-11,14,17-19H,4,7-9,12-13H2/t17-,18-,19-/m1/s1. The predicted molar refractivity (Wildman–Crippen MR) is 92.4 cm³/mol. The molecular weight excluding hydrogens is 298 g/mol. The lowest BCUT2D eigenvalue weighted by atomic mass is 9.72. The third-order valence-electron chi connectivity index (χ3n) is 5.67. The Bertz CT molecular complexity index is 689. The fourth-order valence-electron chi connectivity index (χ4n) is 4.51. The van der Waals surface area contributed by atoms with E-state index in [1.54, 1.807) is 6.33 Å². The summed E-state index contributed by atoms with van der Waals surface area (Å²) in [4.78, 5) is 23.1. The summed E-state index contributed by atoms with van der Waals surface area (Å²) >= 11 is 0. The highest BCUT2D eigenvalue weighted by atomic mass is 16.2. The van der Waals surface area contributed by atoms with Gasteiger partial charge in [0.15, 0.2) is 0 Å². The van der Waals surface area contributed by atoms with Gasteiger partial charge in [0.2, 0.25) is 0 Å². The van der Waals surface area contributed by atoms with E-state index in [-0.39, 0.29) is 5.91 Å². The van der Waals surface area contributed by atoms with Crippen molar-refractivity contribution in [1.82, 2.24) is 14.9 Å². The molecule has 0 unspecified atom stereocenters. The monoisotopic (exact) mass is 321 g/mol. The molecule has 1 saturated heterocycles. The maximum Gasteiger partial charge on any atom is 0.253 e. The molecule has 2 aromatic rings. The number of aromatic nitrogens is 2. The summed E-state index contributed by atoms with van der Waals surface area (Å²) in [6, 6.07) is 9.67. The van der Waals surface area contributed by atoms with E-state index < -0.39 is 0 Å². The Morgan fingerprint density at radius 2 is 1.88 bits per heavy atom. The second-order valence-electron chi connectivity index (χ2n) is 7.14. The number of hydrogen-bond donors (Lipinski definition) is 0. The Labute approximate surface area is 142 Å². The van der Waals surface area contributed by atoms with E-state index in [1.165, 1.54) is 24.8 Å². The van der Waals surface area contributed by atoms with Crippen molar-refractivity contribution in [3.05, 3.63) is 60.2 Å². The Hall–Kier alpha value is -2.23. The van der Waals surface area contributed by atoms with Crippen LogP contribution >= 0.6 is 0 Å². The molecule has 124 valence electrons. The number of benzene rings is 1. The maximum absolute atomic E-state index is 12.8. The van der Waals surface area contributed by atoms with Crippen LogP contribution in [0.3, 0.4) is 0 Å². The fraction of sp³-hybridized carbons (Fsp3) is 0.450. The molecule has 0 N–H and O–H groups in total. The van der Waals surface area contributed by atoms with E-state index in [9.17, 15) is 4.79 Å². The fourth-order valence-corrected chi connectivity index (χ4v) is 4.51. The maximum atomic E-state index is 12.8. The molecule has 24 heavy (non-hydrogen) atoms. The van der Waals surface area contributed by atoms with E-state index >= 15 is 0 Å². The third kappa shape index (κ3) is 3.05. The first-order valence-electron chi connectivity index (χ1n) is 8.89. The molecule has 3 atom stereocenters. The van der Waals surface area contributed by atoms with Gasteiger partial charge in [-0.1, -0.05) is 24.6 Å². The van der Waals surface area contributed by atoms with E-state index in [0.29, 0.717) is 17.8 Å². The number of amides is 1.